The Hall–Kier alpha value is -1.75. The first-order valence-electron chi connectivity index (χ1n) is 5.99. The Balaban J connectivity index is 2.28. The predicted molar refractivity (Wildman–Crippen MR) is 73.6 cm³/mol. The molecule has 0 saturated carbocycles. The van der Waals surface area contributed by atoms with E-state index >= 15 is 0 Å². The number of methoxy groups -OCH3 is 1. The number of hydrogen-bond donors (Lipinski definition) is 3. The topological polar surface area (TPSA) is 76.4 Å². The Labute approximate surface area is 108 Å². The fourth-order valence-electron chi connectivity index (χ4n) is 1.52. The van der Waals surface area contributed by atoms with Crippen molar-refractivity contribution < 1.29 is 9.53 Å². The average Bonchev–Trinajstić information content (AvgIpc) is 2.34. The lowest BCUT2D eigenvalue weighted by Crippen LogP contribution is -2.28. The largest absolute Gasteiger partial charge is 0.399 e. The second-order valence-corrected chi connectivity index (χ2v) is 4.09. The lowest BCUT2D eigenvalue weighted by Gasteiger charge is -2.10. The molecule has 1 rings (SSSR count). The number of nitrogens with one attached hydrogen (secondary N) is 2. The molecule has 0 saturated heterocycles. The zero-order valence-electron chi connectivity index (χ0n) is 11.0. The highest BCUT2D eigenvalue weighted by molar-refractivity contribution is 5.76. The first-order chi connectivity index (χ1) is 8.63. The standard InChI is InChI=1S/C13H21N3O2/c1-10-3-4-11(14)9-12(10)15-6-5-13(17)16-7-8-18-2/h3-4,9,15H,5-8,14H2,1-2H3,(H,16,17). The number of rotatable bonds is 7. The molecule has 0 spiro atoms. The van der Waals surface area contributed by atoms with E-state index in [0.29, 0.717) is 31.8 Å². The molecule has 0 heterocycles. The molecule has 0 aromatic heterocycles. The van der Waals surface area contributed by atoms with Gasteiger partial charge in [-0.05, 0) is 24.6 Å². The van der Waals surface area contributed by atoms with Gasteiger partial charge in [0.2, 0.25) is 5.91 Å². The number of carbonyl (C=O) groups excluding carboxylic acids is 1. The van der Waals surface area contributed by atoms with Gasteiger partial charge < -0.3 is 21.1 Å². The second kappa shape index (κ2) is 7.55. The molecule has 0 radical (unpaired) electrons. The summed E-state index contributed by atoms with van der Waals surface area (Å²) in [5.41, 5.74) is 8.51. The number of anilines is 2. The predicted octanol–water partition coefficient (Wildman–Crippen LogP) is 1.14. The minimum absolute atomic E-state index is 0.0149. The first kappa shape index (κ1) is 14.3. The molecule has 5 nitrogen and oxygen atoms in total. The third-order valence-electron chi connectivity index (χ3n) is 2.56. The van der Waals surface area contributed by atoms with Crippen molar-refractivity contribution in [3.63, 3.8) is 0 Å². The van der Waals surface area contributed by atoms with Crippen LogP contribution in [-0.4, -0.2) is 32.7 Å². The van der Waals surface area contributed by atoms with Crippen LogP contribution in [0, 0.1) is 6.92 Å². The SMILES string of the molecule is COCCNC(=O)CCNc1cc(N)ccc1C. The van der Waals surface area contributed by atoms with Crippen molar-refractivity contribution in [3.05, 3.63) is 23.8 Å². The van der Waals surface area contributed by atoms with Crippen LogP contribution in [-0.2, 0) is 9.53 Å². The van der Waals surface area contributed by atoms with Crippen molar-refractivity contribution in [1.29, 1.82) is 0 Å². The van der Waals surface area contributed by atoms with Crippen LogP contribution in [0.5, 0.6) is 0 Å². The number of nitrogen functional groups attached to an aromatic ring is 1. The Morgan fingerprint density at radius 2 is 2.17 bits per heavy atom. The van der Waals surface area contributed by atoms with Gasteiger partial charge in [0.15, 0.2) is 0 Å². The van der Waals surface area contributed by atoms with Crippen LogP contribution in [0.15, 0.2) is 18.2 Å². The zero-order valence-corrected chi connectivity index (χ0v) is 11.0. The van der Waals surface area contributed by atoms with E-state index in [1.807, 2.05) is 25.1 Å². The molecule has 1 aromatic rings. The number of hydrogen-bond acceptors (Lipinski definition) is 4. The van der Waals surface area contributed by atoms with Crippen LogP contribution in [0.2, 0.25) is 0 Å². The summed E-state index contributed by atoms with van der Waals surface area (Å²) in [5.74, 6) is 0.0149. The fourth-order valence-corrected chi connectivity index (χ4v) is 1.52. The monoisotopic (exact) mass is 251 g/mol. The summed E-state index contributed by atoms with van der Waals surface area (Å²) < 4.78 is 4.85. The molecule has 0 atom stereocenters. The summed E-state index contributed by atoms with van der Waals surface area (Å²) in [4.78, 5) is 11.4. The number of carbonyl (C=O) groups is 1. The maximum atomic E-state index is 11.4. The Morgan fingerprint density at radius 1 is 1.39 bits per heavy atom. The molecule has 0 fully saturated rings. The van der Waals surface area contributed by atoms with Crippen molar-refractivity contribution >= 4 is 17.3 Å². The van der Waals surface area contributed by atoms with Crippen LogP contribution in [0.3, 0.4) is 0 Å². The van der Waals surface area contributed by atoms with Crippen molar-refractivity contribution in [2.45, 2.75) is 13.3 Å². The molecule has 1 aromatic carbocycles. The molecule has 0 aliphatic rings. The molecule has 18 heavy (non-hydrogen) atoms. The van der Waals surface area contributed by atoms with Gasteiger partial charge in [-0.25, -0.2) is 0 Å². The van der Waals surface area contributed by atoms with E-state index < -0.39 is 0 Å². The molecule has 0 unspecified atom stereocenters. The maximum absolute atomic E-state index is 11.4. The molecular weight excluding hydrogens is 230 g/mol. The Bertz CT molecular complexity index is 394. The highest BCUT2D eigenvalue weighted by Gasteiger charge is 2.02. The van der Waals surface area contributed by atoms with Gasteiger partial charge in [-0.2, -0.15) is 0 Å². The highest BCUT2D eigenvalue weighted by Crippen LogP contribution is 2.17. The van der Waals surface area contributed by atoms with Crippen molar-refractivity contribution in [2.24, 2.45) is 0 Å². The zero-order chi connectivity index (χ0) is 13.4. The quantitative estimate of drug-likeness (QED) is 0.502. The summed E-state index contributed by atoms with van der Waals surface area (Å²) in [7, 11) is 1.61. The Kier molecular flexibility index (Phi) is 6.00. The van der Waals surface area contributed by atoms with E-state index in [1.165, 1.54) is 0 Å². The van der Waals surface area contributed by atoms with Gasteiger partial charge in [-0.3, -0.25) is 4.79 Å². The maximum Gasteiger partial charge on any atom is 0.221 e. The number of benzene rings is 1. The summed E-state index contributed by atoms with van der Waals surface area (Å²) in [5, 5.41) is 5.97. The van der Waals surface area contributed by atoms with E-state index in [0.717, 1.165) is 11.3 Å². The van der Waals surface area contributed by atoms with Crippen LogP contribution < -0.4 is 16.4 Å². The lowest BCUT2D eigenvalue weighted by molar-refractivity contribution is -0.121. The number of nitrogens with two attached hydrogens (primary N) is 1. The molecule has 0 aliphatic carbocycles. The molecule has 5 heteroatoms. The molecule has 4 N–H and O–H groups in total. The van der Waals surface area contributed by atoms with E-state index in [9.17, 15) is 4.79 Å². The number of ether oxygens (including phenoxy) is 1. The summed E-state index contributed by atoms with van der Waals surface area (Å²) in [6, 6.07) is 5.69. The van der Waals surface area contributed by atoms with Crippen LogP contribution in [0.4, 0.5) is 11.4 Å². The third kappa shape index (κ3) is 5.05. The fraction of sp³-hybridized carbons (Fsp3) is 0.462. The van der Waals surface area contributed by atoms with Crippen molar-refractivity contribution in [1.82, 2.24) is 5.32 Å². The first-order valence-corrected chi connectivity index (χ1v) is 5.99. The van der Waals surface area contributed by atoms with Crippen LogP contribution in [0.25, 0.3) is 0 Å². The van der Waals surface area contributed by atoms with Gasteiger partial charge in [-0.1, -0.05) is 6.07 Å². The van der Waals surface area contributed by atoms with Gasteiger partial charge in [0, 0.05) is 38.0 Å². The molecule has 100 valence electrons. The summed E-state index contributed by atoms with van der Waals surface area (Å²) in [6.07, 6.45) is 0.429. The molecule has 1 amide bonds. The van der Waals surface area contributed by atoms with Gasteiger partial charge in [-0.15, -0.1) is 0 Å². The lowest BCUT2D eigenvalue weighted by atomic mass is 10.2. The van der Waals surface area contributed by atoms with E-state index in [-0.39, 0.29) is 5.91 Å². The second-order valence-electron chi connectivity index (χ2n) is 4.09. The third-order valence-corrected chi connectivity index (χ3v) is 2.56. The van der Waals surface area contributed by atoms with E-state index in [1.54, 1.807) is 7.11 Å². The highest BCUT2D eigenvalue weighted by atomic mass is 16.5. The van der Waals surface area contributed by atoms with Crippen molar-refractivity contribution in [3.8, 4) is 0 Å². The number of aryl methyl sites for hydroxylation is 1. The van der Waals surface area contributed by atoms with Gasteiger partial charge in [0.05, 0.1) is 6.61 Å². The normalized spacial score (nSPS) is 10.1. The Morgan fingerprint density at radius 3 is 2.89 bits per heavy atom. The van der Waals surface area contributed by atoms with Gasteiger partial charge in [0.25, 0.3) is 0 Å². The average molecular weight is 251 g/mol. The van der Waals surface area contributed by atoms with Gasteiger partial charge >= 0.3 is 0 Å². The molecular formula is C13H21N3O2. The van der Waals surface area contributed by atoms with E-state index in [2.05, 4.69) is 10.6 Å². The summed E-state index contributed by atoms with van der Waals surface area (Å²) in [6.45, 7) is 3.67. The van der Waals surface area contributed by atoms with E-state index in [4.69, 9.17) is 10.5 Å². The minimum Gasteiger partial charge on any atom is -0.399 e. The van der Waals surface area contributed by atoms with Crippen LogP contribution >= 0.6 is 0 Å². The summed E-state index contributed by atoms with van der Waals surface area (Å²) >= 11 is 0. The van der Waals surface area contributed by atoms with Crippen molar-refractivity contribution in [2.75, 3.05) is 37.9 Å². The van der Waals surface area contributed by atoms with Crippen LogP contribution in [0.1, 0.15) is 12.0 Å². The molecule has 0 aliphatic heterocycles. The molecule has 0 bridgehead atoms. The number of amides is 1. The minimum atomic E-state index is 0.0149. The smallest absolute Gasteiger partial charge is 0.221 e. The van der Waals surface area contributed by atoms with Gasteiger partial charge in [0.1, 0.15) is 0 Å².